The van der Waals surface area contributed by atoms with Gasteiger partial charge in [0.05, 0.1) is 0 Å². The molecule has 0 N–H and O–H groups in total. The summed E-state index contributed by atoms with van der Waals surface area (Å²) < 4.78 is 1.58. The molecule has 0 radical (unpaired) electrons. The van der Waals surface area contributed by atoms with Gasteiger partial charge < -0.3 is 24.8 Å². The molecule has 0 aromatic carbocycles. The summed E-state index contributed by atoms with van der Waals surface area (Å²) >= 11 is 4.32. The molecule has 1 aliphatic rings. The fraction of sp³-hybridized carbons (Fsp3) is 0.636. The molecule has 4 heteroatoms. The van der Waals surface area contributed by atoms with Crippen LogP contribution in [0.4, 0.5) is 0 Å². The molecule has 0 nitrogen and oxygen atoms in total. The quantitative estimate of drug-likeness (QED) is 0.406. The van der Waals surface area contributed by atoms with Gasteiger partial charge in [0.2, 0.25) is 0 Å². The average Bonchev–Trinajstić information content (AvgIpc) is 2.45. The molecule has 1 aliphatic carbocycles. The minimum Gasteiger partial charge on any atom is -1.00 e. The number of hydrogen-bond acceptors (Lipinski definition) is 1. The Hall–Kier alpha value is 1.12. The first-order chi connectivity index (χ1) is 6.20. The van der Waals surface area contributed by atoms with E-state index < -0.39 is 0 Å². The minimum absolute atomic E-state index is 0. The van der Waals surface area contributed by atoms with Crippen molar-refractivity contribution in [2.45, 2.75) is 38.4 Å². The summed E-state index contributed by atoms with van der Waals surface area (Å²) in [6, 6.07) is 0. The second-order valence-electron chi connectivity index (χ2n) is 3.63. The first-order valence-corrected chi connectivity index (χ1v) is 6.75. The molecule has 0 amide bonds. The summed E-state index contributed by atoms with van der Waals surface area (Å²) in [4.78, 5) is 0. The standard InChI is InChI=1S/C11H17S.2ClH.Ti/c1-10(2)12-9-5-8-11-6-3-4-7-11;;;/h3,6,10H,4-5,8-9H2,1-2H3;2*1H;/q;;;+2/p-2. The van der Waals surface area contributed by atoms with Gasteiger partial charge in [-0.05, 0) is 0 Å². The Kier molecular flexibility index (Phi) is 12.7. The molecule has 0 heterocycles. The van der Waals surface area contributed by atoms with E-state index in [1.165, 1.54) is 25.0 Å². The van der Waals surface area contributed by atoms with Crippen molar-refractivity contribution in [3.63, 3.8) is 0 Å². The first kappa shape index (κ1) is 18.5. The third-order valence-electron chi connectivity index (χ3n) is 2.07. The van der Waals surface area contributed by atoms with Gasteiger partial charge in [0.15, 0.2) is 0 Å². The second-order valence-corrected chi connectivity index (χ2v) is 6.26. The van der Waals surface area contributed by atoms with Gasteiger partial charge in [-0.1, -0.05) is 0 Å². The molecule has 0 fully saturated rings. The Morgan fingerprint density at radius 2 is 2.07 bits per heavy atom. The largest absolute Gasteiger partial charge is 1.00 e. The molecular formula is C11H17Cl2STi. The topological polar surface area (TPSA) is 0 Å². The predicted octanol–water partition coefficient (Wildman–Crippen LogP) is -2.32. The van der Waals surface area contributed by atoms with Crippen LogP contribution in [0.3, 0.4) is 0 Å². The summed E-state index contributed by atoms with van der Waals surface area (Å²) in [6.45, 7) is 4.54. The van der Waals surface area contributed by atoms with Gasteiger partial charge in [0.1, 0.15) is 0 Å². The van der Waals surface area contributed by atoms with Crippen LogP contribution in [-0.4, -0.2) is 11.0 Å². The van der Waals surface area contributed by atoms with Crippen molar-refractivity contribution in [3.8, 4) is 0 Å². The van der Waals surface area contributed by atoms with Crippen LogP contribution < -0.4 is 24.8 Å². The van der Waals surface area contributed by atoms with Crippen molar-refractivity contribution in [2.75, 3.05) is 5.75 Å². The Balaban J connectivity index is 0. The number of halogens is 2. The van der Waals surface area contributed by atoms with Crippen molar-refractivity contribution in [2.24, 2.45) is 0 Å². The molecule has 15 heavy (non-hydrogen) atoms. The third kappa shape index (κ3) is 7.93. The molecule has 0 aliphatic heterocycles. The maximum absolute atomic E-state index is 2.30. The Bertz CT molecular complexity index is 225. The molecule has 85 valence electrons. The number of hydrogen-bond donors (Lipinski definition) is 0. The average molecular weight is 300 g/mol. The molecular weight excluding hydrogens is 283 g/mol. The van der Waals surface area contributed by atoms with Crippen LogP contribution in [0.2, 0.25) is 0 Å². The number of rotatable bonds is 5. The normalized spacial score (nSPS) is 14.2. The van der Waals surface area contributed by atoms with Gasteiger partial charge in [-0.2, -0.15) is 0 Å². The van der Waals surface area contributed by atoms with Gasteiger partial charge >= 0.3 is 97.9 Å². The molecule has 0 saturated carbocycles. The van der Waals surface area contributed by atoms with E-state index in [-0.39, 0.29) is 24.8 Å². The SMILES string of the molecule is CC(C)SCCCC1=[C]([Ti+2])CC=C1.[Cl-].[Cl-]. The van der Waals surface area contributed by atoms with E-state index in [2.05, 4.69) is 58.2 Å². The third-order valence-corrected chi connectivity index (χ3v) is 4.08. The fourth-order valence-corrected chi connectivity index (χ4v) is 2.66. The van der Waals surface area contributed by atoms with Gasteiger partial charge in [-0.15, -0.1) is 0 Å². The summed E-state index contributed by atoms with van der Waals surface area (Å²) in [7, 11) is 0. The maximum atomic E-state index is 2.30. The molecule has 0 saturated heterocycles. The number of thioether (sulfide) groups is 1. The zero-order chi connectivity index (χ0) is 9.68. The Labute approximate surface area is 122 Å². The van der Waals surface area contributed by atoms with Crippen molar-refractivity contribution in [1.29, 1.82) is 0 Å². The zero-order valence-electron chi connectivity index (χ0n) is 9.22. The predicted molar refractivity (Wildman–Crippen MR) is 57.6 cm³/mol. The Morgan fingerprint density at radius 1 is 1.40 bits per heavy atom. The van der Waals surface area contributed by atoms with E-state index in [0.717, 1.165) is 5.25 Å². The monoisotopic (exact) mass is 299 g/mol. The van der Waals surface area contributed by atoms with Crippen LogP contribution in [0.25, 0.3) is 0 Å². The van der Waals surface area contributed by atoms with Crippen LogP contribution in [0, 0.1) is 0 Å². The van der Waals surface area contributed by atoms with Crippen molar-refractivity contribution < 1.29 is 45.2 Å². The summed E-state index contributed by atoms with van der Waals surface area (Å²) in [5.41, 5.74) is 1.59. The van der Waals surface area contributed by atoms with Crippen LogP contribution in [0.5, 0.6) is 0 Å². The van der Waals surface area contributed by atoms with E-state index >= 15 is 0 Å². The maximum Gasteiger partial charge on any atom is -1.00 e. The van der Waals surface area contributed by atoms with Gasteiger partial charge in [0.25, 0.3) is 0 Å². The van der Waals surface area contributed by atoms with E-state index in [1.54, 1.807) is 9.45 Å². The second kappa shape index (κ2) is 10.3. The van der Waals surface area contributed by atoms with Crippen LogP contribution in [0.15, 0.2) is 21.6 Å². The molecule has 1 rings (SSSR count). The molecule has 0 bridgehead atoms. The van der Waals surface area contributed by atoms with Crippen LogP contribution >= 0.6 is 11.8 Å². The van der Waals surface area contributed by atoms with Crippen molar-refractivity contribution in [3.05, 3.63) is 21.6 Å². The van der Waals surface area contributed by atoms with Crippen molar-refractivity contribution >= 4 is 11.8 Å². The minimum atomic E-state index is 0. The van der Waals surface area contributed by atoms with E-state index in [4.69, 9.17) is 0 Å². The van der Waals surface area contributed by atoms with Crippen molar-refractivity contribution in [1.82, 2.24) is 0 Å². The van der Waals surface area contributed by atoms with E-state index in [1.807, 2.05) is 0 Å². The summed E-state index contributed by atoms with van der Waals surface area (Å²) in [5.74, 6) is 1.31. The number of allylic oxidation sites excluding steroid dienone is 4. The van der Waals surface area contributed by atoms with Gasteiger partial charge in [0, 0.05) is 0 Å². The van der Waals surface area contributed by atoms with Gasteiger partial charge in [-0.25, -0.2) is 0 Å². The smallest absolute Gasteiger partial charge is 1.00 e. The molecule has 0 unspecified atom stereocenters. The van der Waals surface area contributed by atoms with E-state index in [9.17, 15) is 0 Å². The van der Waals surface area contributed by atoms with Gasteiger partial charge in [-0.3, -0.25) is 0 Å². The summed E-state index contributed by atoms with van der Waals surface area (Å²) in [6.07, 6.45) is 8.38. The van der Waals surface area contributed by atoms with Crippen LogP contribution in [-0.2, 0) is 20.4 Å². The first-order valence-electron chi connectivity index (χ1n) is 4.92. The summed E-state index contributed by atoms with van der Waals surface area (Å²) in [5, 5.41) is 0.786. The molecule has 0 atom stereocenters. The molecule has 0 aromatic rings. The molecule has 0 spiro atoms. The fourth-order valence-electron chi connectivity index (χ4n) is 1.37. The molecule has 0 aromatic heterocycles. The zero-order valence-corrected chi connectivity index (χ0v) is 13.1. The van der Waals surface area contributed by atoms with E-state index in [0.29, 0.717) is 0 Å². The van der Waals surface area contributed by atoms with Crippen LogP contribution in [0.1, 0.15) is 33.1 Å². The Morgan fingerprint density at radius 3 is 2.53 bits per heavy atom.